The van der Waals surface area contributed by atoms with E-state index < -0.39 is 10.0 Å². The van der Waals surface area contributed by atoms with Crippen molar-refractivity contribution in [3.63, 3.8) is 0 Å². The fraction of sp³-hybridized carbons (Fsp3) is 1.00. The lowest BCUT2D eigenvalue weighted by atomic mass is 9.81. The Morgan fingerprint density at radius 1 is 1.19 bits per heavy atom. The van der Waals surface area contributed by atoms with Gasteiger partial charge in [-0.2, -0.15) is 0 Å². The van der Waals surface area contributed by atoms with E-state index in [2.05, 4.69) is 12.2 Å². The average Bonchev–Trinajstić information content (AvgIpc) is 2.19. The first kappa shape index (κ1) is 13.9. The summed E-state index contributed by atoms with van der Waals surface area (Å²) in [5, 5.41) is 8.05. The van der Waals surface area contributed by atoms with Gasteiger partial charge in [0.05, 0.1) is 5.75 Å². The van der Waals surface area contributed by atoms with Crippen molar-refractivity contribution in [2.45, 2.75) is 39.0 Å². The summed E-state index contributed by atoms with van der Waals surface area (Å²) in [5.41, 5.74) is 0. The summed E-state index contributed by atoms with van der Waals surface area (Å²) in [6, 6.07) is 0. The summed E-state index contributed by atoms with van der Waals surface area (Å²) in [5.74, 6) is 1.76. The van der Waals surface area contributed by atoms with Gasteiger partial charge in [-0.3, -0.25) is 0 Å². The quantitative estimate of drug-likeness (QED) is 0.691. The lowest BCUT2D eigenvalue weighted by Gasteiger charge is -2.26. The van der Waals surface area contributed by atoms with Gasteiger partial charge in [0.25, 0.3) is 0 Å². The fourth-order valence-electron chi connectivity index (χ4n) is 2.26. The van der Waals surface area contributed by atoms with Crippen molar-refractivity contribution in [3.05, 3.63) is 0 Å². The number of nitrogens with one attached hydrogen (secondary N) is 1. The summed E-state index contributed by atoms with van der Waals surface area (Å²) in [7, 11) is -3.30. The van der Waals surface area contributed by atoms with Crippen molar-refractivity contribution < 1.29 is 8.42 Å². The third-order valence-electron chi connectivity index (χ3n) is 3.43. The van der Waals surface area contributed by atoms with Crippen LogP contribution >= 0.6 is 0 Å². The summed E-state index contributed by atoms with van der Waals surface area (Å²) in [4.78, 5) is 0. The highest BCUT2D eigenvalue weighted by molar-refractivity contribution is 7.89. The number of sulfonamides is 1. The van der Waals surface area contributed by atoms with Gasteiger partial charge in [-0.15, -0.1) is 0 Å². The Bertz CT molecular complexity index is 282. The van der Waals surface area contributed by atoms with E-state index in [0.29, 0.717) is 6.54 Å². The first-order chi connectivity index (χ1) is 7.47. The maximum absolute atomic E-state index is 10.7. The first-order valence-corrected chi connectivity index (χ1v) is 7.90. The molecule has 0 aromatic rings. The van der Waals surface area contributed by atoms with Crippen molar-refractivity contribution in [2.75, 3.05) is 18.8 Å². The van der Waals surface area contributed by atoms with Crippen LogP contribution in [0, 0.1) is 11.8 Å². The summed E-state index contributed by atoms with van der Waals surface area (Å²) < 4.78 is 21.3. The maximum atomic E-state index is 10.7. The number of rotatable bonds is 6. The lowest BCUT2D eigenvalue weighted by molar-refractivity contribution is 0.276. The molecule has 0 saturated heterocycles. The minimum absolute atomic E-state index is 0.0364. The molecule has 0 atom stereocenters. The van der Waals surface area contributed by atoms with Crippen LogP contribution in [0.5, 0.6) is 0 Å². The zero-order valence-electron chi connectivity index (χ0n) is 10.1. The minimum Gasteiger partial charge on any atom is -0.316 e. The molecule has 1 rings (SSSR count). The highest BCUT2D eigenvalue weighted by atomic mass is 32.2. The molecule has 0 aliphatic heterocycles. The highest BCUT2D eigenvalue weighted by Crippen LogP contribution is 2.29. The monoisotopic (exact) mass is 248 g/mol. The molecule has 0 aromatic carbocycles. The second kappa shape index (κ2) is 6.57. The molecule has 0 amide bonds. The van der Waals surface area contributed by atoms with Crippen molar-refractivity contribution in [3.8, 4) is 0 Å². The Morgan fingerprint density at radius 2 is 1.81 bits per heavy atom. The van der Waals surface area contributed by atoms with Gasteiger partial charge in [0.2, 0.25) is 10.0 Å². The van der Waals surface area contributed by atoms with Crippen LogP contribution in [0.2, 0.25) is 0 Å². The SMILES string of the molecule is CC1CCC(CCNCCS(N)(=O)=O)CC1. The van der Waals surface area contributed by atoms with Crippen molar-refractivity contribution in [2.24, 2.45) is 17.0 Å². The summed E-state index contributed by atoms with van der Waals surface area (Å²) >= 11 is 0. The van der Waals surface area contributed by atoms with E-state index in [9.17, 15) is 8.42 Å². The molecular formula is C11H24N2O2S. The van der Waals surface area contributed by atoms with Gasteiger partial charge >= 0.3 is 0 Å². The Balaban J connectivity index is 1.99. The van der Waals surface area contributed by atoms with E-state index in [1.165, 1.54) is 25.7 Å². The standard InChI is InChI=1S/C11H24N2O2S/c1-10-2-4-11(5-3-10)6-7-13-8-9-16(12,14)15/h10-11,13H,2-9H2,1H3,(H2,12,14,15). The molecule has 0 aromatic heterocycles. The van der Waals surface area contributed by atoms with Crippen LogP contribution in [0.4, 0.5) is 0 Å². The molecule has 16 heavy (non-hydrogen) atoms. The van der Waals surface area contributed by atoms with Gasteiger partial charge in [0, 0.05) is 6.54 Å². The molecule has 4 nitrogen and oxygen atoms in total. The predicted octanol–water partition coefficient (Wildman–Crippen LogP) is 1.08. The number of primary sulfonamides is 1. The predicted molar refractivity (Wildman–Crippen MR) is 66.6 cm³/mol. The van der Waals surface area contributed by atoms with Gasteiger partial charge in [-0.25, -0.2) is 13.6 Å². The Hall–Kier alpha value is -0.130. The van der Waals surface area contributed by atoms with Crippen LogP contribution in [-0.4, -0.2) is 27.3 Å². The molecule has 96 valence electrons. The summed E-state index contributed by atoms with van der Waals surface area (Å²) in [6.45, 7) is 3.71. The first-order valence-electron chi connectivity index (χ1n) is 6.18. The lowest BCUT2D eigenvalue weighted by Crippen LogP contribution is -2.28. The molecule has 3 N–H and O–H groups in total. The van der Waals surface area contributed by atoms with E-state index in [1.54, 1.807) is 0 Å². The van der Waals surface area contributed by atoms with Crippen LogP contribution in [0.3, 0.4) is 0 Å². The third kappa shape index (κ3) is 6.45. The molecule has 1 aliphatic carbocycles. The molecule has 0 unspecified atom stereocenters. The molecule has 0 bridgehead atoms. The second-order valence-corrected chi connectivity index (χ2v) is 6.77. The molecule has 1 fully saturated rings. The van der Waals surface area contributed by atoms with Crippen LogP contribution in [-0.2, 0) is 10.0 Å². The van der Waals surface area contributed by atoms with Gasteiger partial charge in [-0.05, 0) is 24.8 Å². The van der Waals surface area contributed by atoms with Crippen LogP contribution in [0.15, 0.2) is 0 Å². The van der Waals surface area contributed by atoms with Gasteiger partial charge in [0.15, 0.2) is 0 Å². The molecule has 1 aliphatic rings. The normalized spacial score (nSPS) is 26.9. The molecule has 5 heteroatoms. The van der Waals surface area contributed by atoms with Gasteiger partial charge < -0.3 is 5.32 Å². The van der Waals surface area contributed by atoms with E-state index in [0.717, 1.165) is 24.8 Å². The average molecular weight is 248 g/mol. The largest absolute Gasteiger partial charge is 0.316 e. The van der Waals surface area contributed by atoms with E-state index in [1.807, 2.05) is 0 Å². The number of nitrogens with two attached hydrogens (primary N) is 1. The summed E-state index contributed by atoms with van der Waals surface area (Å²) in [6.07, 6.45) is 6.52. The third-order valence-corrected chi connectivity index (χ3v) is 4.20. The topological polar surface area (TPSA) is 72.2 Å². The second-order valence-electron chi connectivity index (χ2n) is 5.03. The smallest absolute Gasteiger partial charge is 0.210 e. The molecule has 0 heterocycles. The number of hydrogen-bond donors (Lipinski definition) is 2. The number of hydrogen-bond acceptors (Lipinski definition) is 3. The molecule has 1 saturated carbocycles. The van der Waals surface area contributed by atoms with Crippen LogP contribution in [0.25, 0.3) is 0 Å². The zero-order valence-corrected chi connectivity index (χ0v) is 10.9. The molecular weight excluding hydrogens is 224 g/mol. The van der Waals surface area contributed by atoms with Gasteiger partial charge in [0.1, 0.15) is 0 Å². The highest BCUT2D eigenvalue weighted by Gasteiger charge is 2.17. The van der Waals surface area contributed by atoms with E-state index in [4.69, 9.17) is 5.14 Å². The van der Waals surface area contributed by atoms with Crippen molar-refractivity contribution in [1.29, 1.82) is 0 Å². The van der Waals surface area contributed by atoms with Crippen LogP contribution in [0.1, 0.15) is 39.0 Å². The molecule has 0 spiro atoms. The Morgan fingerprint density at radius 3 is 2.38 bits per heavy atom. The zero-order chi connectivity index (χ0) is 12.0. The Kier molecular flexibility index (Phi) is 5.72. The Labute approximate surface area is 99.0 Å². The van der Waals surface area contributed by atoms with Gasteiger partial charge in [-0.1, -0.05) is 32.6 Å². The van der Waals surface area contributed by atoms with Crippen molar-refractivity contribution in [1.82, 2.24) is 5.32 Å². The van der Waals surface area contributed by atoms with E-state index in [-0.39, 0.29) is 5.75 Å². The van der Waals surface area contributed by atoms with Crippen LogP contribution < -0.4 is 10.5 Å². The fourth-order valence-corrected chi connectivity index (χ4v) is 2.69. The molecule has 0 radical (unpaired) electrons. The van der Waals surface area contributed by atoms with E-state index >= 15 is 0 Å². The van der Waals surface area contributed by atoms with Crippen molar-refractivity contribution >= 4 is 10.0 Å². The minimum atomic E-state index is -3.30. The maximum Gasteiger partial charge on any atom is 0.210 e.